The molecule has 1 amide bonds. The van der Waals surface area contributed by atoms with E-state index in [0.29, 0.717) is 42.7 Å². The van der Waals surface area contributed by atoms with Gasteiger partial charge in [0.2, 0.25) is 5.91 Å². The molecule has 2 aliphatic heterocycles. The Morgan fingerprint density at radius 3 is 2.74 bits per heavy atom. The van der Waals surface area contributed by atoms with Crippen molar-refractivity contribution >= 4 is 5.91 Å². The highest BCUT2D eigenvalue weighted by atomic mass is 16.5. The molecule has 0 radical (unpaired) electrons. The van der Waals surface area contributed by atoms with Crippen LogP contribution in [0, 0.1) is 5.92 Å². The number of carbonyl (C=O) groups excluding carboxylic acids is 1. The Balaban J connectivity index is 1.23. The molecule has 2 aliphatic rings. The summed E-state index contributed by atoms with van der Waals surface area (Å²) in [6.45, 7) is 4.22. The monoisotopic (exact) mass is 425 g/mol. The summed E-state index contributed by atoms with van der Waals surface area (Å²) in [7, 11) is 3.22. The quantitative estimate of drug-likeness (QED) is 0.701. The number of amides is 1. The van der Waals surface area contributed by atoms with Gasteiger partial charge in [-0.15, -0.1) is 0 Å². The van der Waals surface area contributed by atoms with Gasteiger partial charge < -0.3 is 24.3 Å². The maximum absolute atomic E-state index is 12.3. The number of aromatic nitrogens is 1. The van der Waals surface area contributed by atoms with Gasteiger partial charge in [0.15, 0.2) is 11.5 Å². The second kappa shape index (κ2) is 9.56. The fraction of sp³-hybridized carbons (Fsp3) is 0.500. The Hall–Kier alpha value is -2.80. The first-order valence-electron chi connectivity index (χ1n) is 11.0. The minimum Gasteiger partial charge on any atom is -0.493 e. The first-order chi connectivity index (χ1) is 15.1. The van der Waals surface area contributed by atoms with Crippen LogP contribution in [0.2, 0.25) is 0 Å². The molecular formula is C24H31N3O4. The summed E-state index contributed by atoms with van der Waals surface area (Å²) in [6.07, 6.45) is 2.25. The fourth-order valence-electron chi connectivity index (χ4n) is 4.91. The number of nitrogens with one attached hydrogen (secondary N) is 1. The van der Waals surface area contributed by atoms with Gasteiger partial charge in [-0.3, -0.25) is 9.59 Å². The molecule has 1 aromatic carbocycles. The van der Waals surface area contributed by atoms with Crippen molar-refractivity contribution in [3.8, 4) is 11.5 Å². The number of hydrogen-bond acceptors (Lipinski definition) is 5. The Labute approximate surface area is 183 Å². The minimum atomic E-state index is 0.0592. The molecule has 0 aliphatic carbocycles. The van der Waals surface area contributed by atoms with Crippen LogP contribution in [-0.4, -0.2) is 55.8 Å². The molecule has 3 heterocycles. The van der Waals surface area contributed by atoms with Crippen molar-refractivity contribution < 1.29 is 14.3 Å². The van der Waals surface area contributed by atoms with Crippen LogP contribution in [-0.2, 0) is 17.8 Å². The molecule has 2 aromatic rings. The van der Waals surface area contributed by atoms with Crippen LogP contribution in [0.3, 0.4) is 0 Å². The van der Waals surface area contributed by atoms with E-state index < -0.39 is 0 Å². The zero-order valence-corrected chi connectivity index (χ0v) is 18.3. The minimum absolute atomic E-state index is 0.0592. The van der Waals surface area contributed by atoms with Crippen molar-refractivity contribution in [2.75, 3.05) is 40.4 Å². The van der Waals surface area contributed by atoms with Crippen LogP contribution >= 0.6 is 0 Å². The molecule has 0 unspecified atom stereocenters. The fourth-order valence-corrected chi connectivity index (χ4v) is 4.91. The predicted octanol–water partition coefficient (Wildman–Crippen LogP) is 2.03. The Kier molecular flexibility index (Phi) is 6.61. The standard InChI is InChI=1S/C24H31N3O4/c1-30-21-8-6-17(13-22(21)31-2)7-9-23(28)25-10-11-26-14-18-12-19(16-26)20-4-3-5-24(29)27(20)15-18/h3-6,8,13,18-19H,7,9-12,14-16H2,1-2H3,(H,25,28)/t18-,19+/m1/s1. The van der Waals surface area contributed by atoms with E-state index in [1.807, 2.05) is 28.8 Å². The lowest BCUT2D eigenvalue weighted by atomic mass is 9.83. The highest BCUT2D eigenvalue weighted by Gasteiger charge is 2.34. The molecule has 7 nitrogen and oxygen atoms in total. The van der Waals surface area contributed by atoms with Crippen molar-refractivity contribution in [1.29, 1.82) is 0 Å². The summed E-state index contributed by atoms with van der Waals surface area (Å²) in [6, 6.07) is 11.4. The van der Waals surface area contributed by atoms with E-state index in [4.69, 9.17) is 9.47 Å². The maximum Gasteiger partial charge on any atom is 0.250 e. The summed E-state index contributed by atoms with van der Waals surface area (Å²) < 4.78 is 12.5. The molecule has 31 heavy (non-hydrogen) atoms. The smallest absolute Gasteiger partial charge is 0.250 e. The number of nitrogens with zero attached hydrogens (tertiary/aromatic N) is 2. The second-order valence-electron chi connectivity index (χ2n) is 8.50. The number of likely N-dealkylation sites (tertiary alicyclic amines) is 1. The van der Waals surface area contributed by atoms with Gasteiger partial charge in [0.05, 0.1) is 14.2 Å². The van der Waals surface area contributed by atoms with Gasteiger partial charge in [0.25, 0.3) is 5.56 Å². The highest BCUT2D eigenvalue weighted by Crippen LogP contribution is 2.34. The molecule has 2 bridgehead atoms. The molecule has 7 heteroatoms. The topological polar surface area (TPSA) is 72.8 Å². The predicted molar refractivity (Wildman–Crippen MR) is 119 cm³/mol. The van der Waals surface area contributed by atoms with Gasteiger partial charge in [-0.25, -0.2) is 0 Å². The van der Waals surface area contributed by atoms with E-state index in [0.717, 1.165) is 43.9 Å². The molecule has 1 saturated heterocycles. The van der Waals surface area contributed by atoms with Crippen molar-refractivity contribution in [2.24, 2.45) is 5.92 Å². The number of rotatable bonds is 8. The lowest BCUT2D eigenvalue weighted by molar-refractivity contribution is -0.121. The van der Waals surface area contributed by atoms with Crippen molar-refractivity contribution in [2.45, 2.75) is 31.7 Å². The second-order valence-corrected chi connectivity index (χ2v) is 8.50. The number of carbonyl (C=O) groups is 1. The number of piperidine rings is 1. The number of pyridine rings is 1. The molecule has 0 saturated carbocycles. The molecule has 1 N–H and O–H groups in total. The lowest BCUT2D eigenvalue weighted by Crippen LogP contribution is -2.48. The average molecular weight is 426 g/mol. The Morgan fingerprint density at radius 2 is 1.94 bits per heavy atom. The van der Waals surface area contributed by atoms with Crippen LogP contribution in [0.25, 0.3) is 0 Å². The van der Waals surface area contributed by atoms with Crippen LogP contribution in [0.5, 0.6) is 11.5 Å². The highest BCUT2D eigenvalue weighted by molar-refractivity contribution is 5.76. The van der Waals surface area contributed by atoms with Gasteiger partial charge >= 0.3 is 0 Å². The first-order valence-corrected chi connectivity index (χ1v) is 11.0. The molecule has 4 rings (SSSR count). The Morgan fingerprint density at radius 1 is 1.10 bits per heavy atom. The van der Waals surface area contributed by atoms with Gasteiger partial charge in [0.1, 0.15) is 0 Å². The lowest BCUT2D eigenvalue weighted by Gasteiger charge is -2.42. The maximum atomic E-state index is 12.3. The van der Waals surface area contributed by atoms with E-state index in [1.165, 1.54) is 0 Å². The van der Waals surface area contributed by atoms with Gasteiger partial charge in [-0.2, -0.15) is 0 Å². The number of aryl methyl sites for hydroxylation is 1. The van der Waals surface area contributed by atoms with Crippen molar-refractivity contribution in [1.82, 2.24) is 14.8 Å². The number of fused-ring (bicyclic) bond motifs is 4. The van der Waals surface area contributed by atoms with Crippen LogP contribution < -0.4 is 20.3 Å². The summed E-state index contributed by atoms with van der Waals surface area (Å²) in [4.78, 5) is 26.9. The van der Waals surface area contributed by atoms with Gasteiger partial charge in [0, 0.05) is 56.8 Å². The Bertz CT molecular complexity index is 987. The molecule has 0 spiro atoms. The third kappa shape index (κ3) is 4.93. The summed E-state index contributed by atoms with van der Waals surface area (Å²) >= 11 is 0. The number of ether oxygens (including phenoxy) is 2. The molecule has 1 aromatic heterocycles. The van der Waals surface area contributed by atoms with Gasteiger partial charge in [-0.05, 0) is 42.5 Å². The summed E-state index contributed by atoms with van der Waals surface area (Å²) in [5.41, 5.74) is 2.32. The zero-order valence-electron chi connectivity index (χ0n) is 18.3. The molecule has 1 fully saturated rings. The van der Waals surface area contributed by atoms with E-state index in [9.17, 15) is 9.59 Å². The van der Waals surface area contributed by atoms with Crippen LogP contribution in [0.4, 0.5) is 0 Å². The molecule has 166 valence electrons. The number of hydrogen-bond donors (Lipinski definition) is 1. The number of methoxy groups -OCH3 is 2. The molecular weight excluding hydrogens is 394 g/mol. The van der Waals surface area contributed by atoms with Crippen molar-refractivity contribution in [3.63, 3.8) is 0 Å². The SMILES string of the molecule is COc1ccc(CCC(=O)NCCN2C[C@H]3C[C@@H](C2)c2cccc(=O)n2C3)cc1OC. The van der Waals surface area contributed by atoms with E-state index >= 15 is 0 Å². The summed E-state index contributed by atoms with van der Waals surface area (Å²) in [5.74, 6) is 2.34. The van der Waals surface area contributed by atoms with Gasteiger partial charge in [-0.1, -0.05) is 12.1 Å². The van der Waals surface area contributed by atoms with E-state index in [-0.39, 0.29) is 11.5 Å². The average Bonchev–Trinajstić information content (AvgIpc) is 2.78. The normalized spacial score (nSPS) is 20.1. The zero-order chi connectivity index (χ0) is 21.8. The first kappa shape index (κ1) is 21.4. The third-order valence-electron chi connectivity index (χ3n) is 6.39. The van der Waals surface area contributed by atoms with E-state index in [1.54, 1.807) is 20.3 Å². The summed E-state index contributed by atoms with van der Waals surface area (Å²) in [5, 5.41) is 3.05. The van der Waals surface area contributed by atoms with Crippen LogP contribution in [0.1, 0.15) is 30.0 Å². The van der Waals surface area contributed by atoms with Crippen LogP contribution in [0.15, 0.2) is 41.2 Å². The third-order valence-corrected chi connectivity index (χ3v) is 6.39. The van der Waals surface area contributed by atoms with E-state index in [2.05, 4.69) is 16.3 Å². The number of benzene rings is 1. The largest absolute Gasteiger partial charge is 0.493 e. The molecule has 2 atom stereocenters. The van der Waals surface area contributed by atoms with Crippen molar-refractivity contribution in [3.05, 3.63) is 58.0 Å².